The van der Waals surface area contributed by atoms with Gasteiger partial charge in [0.2, 0.25) is 0 Å². The third-order valence-electron chi connectivity index (χ3n) is 11.4. The van der Waals surface area contributed by atoms with Crippen LogP contribution in [0.5, 0.6) is 6.01 Å². The third kappa shape index (κ3) is 7.30. The lowest BCUT2D eigenvalue weighted by Gasteiger charge is -2.44. The van der Waals surface area contributed by atoms with Gasteiger partial charge in [-0.05, 0) is 58.0 Å². The van der Waals surface area contributed by atoms with Crippen molar-refractivity contribution in [3.63, 3.8) is 0 Å². The minimum atomic E-state index is -2.77. The van der Waals surface area contributed by atoms with Crippen LogP contribution in [-0.2, 0) is 4.74 Å². The number of hydrogen-bond acceptors (Lipinski definition) is 10. The Bertz CT molecular complexity index is 2170. The van der Waals surface area contributed by atoms with Gasteiger partial charge in [-0.15, -0.1) is 6.42 Å². The van der Waals surface area contributed by atoms with Gasteiger partial charge < -0.3 is 19.7 Å². The summed E-state index contributed by atoms with van der Waals surface area (Å²) < 4.78 is 73.0. The molecule has 1 N–H and O–H groups in total. The number of halogens is 4. The number of anilines is 1. The summed E-state index contributed by atoms with van der Waals surface area (Å²) in [7, 11) is 0. The van der Waals surface area contributed by atoms with Crippen molar-refractivity contribution >= 4 is 33.6 Å². The zero-order chi connectivity index (χ0) is 39.4. The first-order valence-corrected chi connectivity index (χ1v) is 19.3. The molecule has 6 heterocycles. The summed E-state index contributed by atoms with van der Waals surface area (Å²) >= 11 is 0. The Labute approximate surface area is 323 Å². The van der Waals surface area contributed by atoms with E-state index in [1.807, 2.05) is 35.5 Å². The Morgan fingerprint density at radius 2 is 1.79 bits per heavy atom. The summed E-state index contributed by atoms with van der Waals surface area (Å²) in [6.07, 6.45) is 8.86. The number of hydrogen-bond donors (Lipinski definition) is 1. The fourth-order valence-electron chi connectivity index (χ4n) is 8.73. The van der Waals surface area contributed by atoms with Crippen LogP contribution in [0.1, 0.15) is 45.6 Å². The Hall–Kier alpha value is -4.78. The molecule has 8 rings (SSSR count). The molecule has 11 nitrogen and oxygen atoms in total. The van der Waals surface area contributed by atoms with E-state index in [0.29, 0.717) is 86.3 Å². The molecular formula is C41H46F4N8O3. The molecule has 56 heavy (non-hydrogen) atoms. The SMILES string of the molecule is C#Cc1c(F)ccc2cccc(-c3ncc4c(N5CC6CCC(C5)N6C(=O)OC(C)(C)C)nc(OCCN5CCN(C6CCNCC6(F)F)CC5)nc4c3F)c12. The van der Waals surface area contributed by atoms with E-state index in [4.69, 9.17) is 20.9 Å². The van der Waals surface area contributed by atoms with E-state index in [1.165, 1.54) is 12.3 Å². The molecule has 4 aliphatic heterocycles. The first-order chi connectivity index (χ1) is 26.8. The molecule has 0 radical (unpaired) electrons. The van der Waals surface area contributed by atoms with Gasteiger partial charge in [0.05, 0.1) is 35.6 Å². The Kier molecular flexibility index (Phi) is 10.2. The van der Waals surface area contributed by atoms with Gasteiger partial charge in [0.15, 0.2) is 5.82 Å². The molecule has 0 spiro atoms. The lowest BCUT2D eigenvalue weighted by atomic mass is 9.96. The van der Waals surface area contributed by atoms with Crippen LogP contribution in [0.25, 0.3) is 32.9 Å². The molecule has 0 aliphatic carbocycles. The molecule has 2 bridgehead atoms. The maximum Gasteiger partial charge on any atom is 0.410 e. The van der Waals surface area contributed by atoms with E-state index in [9.17, 15) is 18.0 Å². The monoisotopic (exact) mass is 774 g/mol. The van der Waals surface area contributed by atoms with E-state index in [1.54, 1.807) is 24.3 Å². The van der Waals surface area contributed by atoms with Gasteiger partial charge in [0.25, 0.3) is 5.92 Å². The van der Waals surface area contributed by atoms with Crippen molar-refractivity contribution < 1.29 is 31.8 Å². The average Bonchev–Trinajstić information content (AvgIpc) is 3.43. The second-order valence-electron chi connectivity index (χ2n) is 16.1. The van der Waals surface area contributed by atoms with Crippen LogP contribution in [0.4, 0.5) is 28.2 Å². The fraction of sp³-hybridized carbons (Fsp3) is 0.512. The Morgan fingerprint density at radius 1 is 1.04 bits per heavy atom. The topological polar surface area (TPSA) is 99.2 Å². The van der Waals surface area contributed by atoms with Crippen molar-refractivity contribution in [1.82, 2.24) is 35.0 Å². The average molecular weight is 775 g/mol. The summed E-state index contributed by atoms with van der Waals surface area (Å²) in [6, 6.07) is 6.94. The second-order valence-corrected chi connectivity index (χ2v) is 16.1. The molecule has 3 atom stereocenters. The number of nitrogens with zero attached hydrogens (tertiary/aromatic N) is 7. The van der Waals surface area contributed by atoms with E-state index in [0.717, 1.165) is 12.8 Å². The molecule has 4 aromatic rings. The lowest BCUT2D eigenvalue weighted by molar-refractivity contribution is -0.104. The van der Waals surface area contributed by atoms with E-state index in [2.05, 4.69) is 26.1 Å². The predicted molar refractivity (Wildman–Crippen MR) is 205 cm³/mol. The van der Waals surface area contributed by atoms with E-state index < -0.39 is 29.2 Å². The summed E-state index contributed by atoms with van der Waals surface area (Å²) in [5, 5.41) is 4.15. The number of pyridine rings is 1. The normalized spacial score (nSPS) is 23.1. The quantitative estimate of drug-likeness (QED) is 0.187. The molecule has 0 saturated carbocycles. The summed E-state index contributed by atoms with van der Waals surface area (Å²) in [5.74, 6) is -1.26. The van der Waals surface area contributed by atoms with Crippen LogP contribution in [0.15, 0.2) is 36.5 Å². The van der Waals surface area contributed by atoms with Crippen LogP contribution in [0.2, 0.25) is 0 Å². The highest BCUT2D eigenvalue weighted by atomic mass is 19.3. The number of nitrogens with one attached hydrogen (secondary N) is 1. The maximum atomic E-state index is 17.0. The fourth-order valence-corrected chi connectivity index (χ4v) is 8.73. The number of piperidine rings is 1. The van der Waals surface area contributed by atoms with Crippen LogP contribution in [0, 0.1) is 24.0 Å². The first-order valence-electron chi connectivity index (χ1n) is 19.3. The molecule has 3 unspecified atom stereocenters. The van der Waals surface area contributed by atoms with Gasteiger partial charge >= 0.3 is 12.1 Å². The smallest absolute Gasteiger partial charge is 0.410 e. The van der Waals surface area contributed by atoms with Gasteiger partial charge in [-0.2, -0.15) is 9.97 Å². The summed E-state index contributed by atoms with van der Waals surface area (Å²) in [6.45, 7) is 9.58. The van der Waals surface area contributed by atoms with Gasteiger partial charge in [-0.25, -0.2) is 22.4 Å². The number of fused-ring (bicyclic) bond motifs is 4. The standard InChI is InChI=1S/C41H46F4N8O3/c1-5-28-31(42)12-9-25-7-6-8-29(33(25)28)35-34(43)36-30(21-47-35)37(52-22-26-10-11-27(23-52)53(26)39(54)56-40(2,3)4)49-38(48-36)55-20-19-50-15-17-51(18-16-50)32-13-14-46-24-41(32,44)45/h1,6-9,12,21,26-27,32,46H,10-11,13-20,22-24H2,2-4H3. The van der Waals surface area contributed by atoms with Crippen LogP contribution < -0.4 is 15.0 Å². The minimum absolute atomic E-state index is 0.00965. The predicted octanol–water partition coefficient (Wildman–Crippen LogP) is 5.69. The Morgan fingerprint density at radius 3 is 2.48 bits per heavy atom. The summed E-state index contributed by atoms with van der Waals surface area (Å²) in [4.78, 5) is 35.1. The van der Waals surface area contributed by atoms with Crippen molar-refractivity contribution in [3.8, 4) is 29.6 Å². The maximum absolute atomic E-state index is 17.0. The minimum Gasteiger partial charge on any atom is -0.462 e. The van der Waals surface area contributed by atoms with E-state index in [-0.39, 0.29) is 54.1 Å². The molecule has 2 aromatic carbocycles. The first kappa shape index (κ1) is 38.1. The zero-order valence-corrected chi connectivity index (χ0v) is 31.8. The van der Waals surface area contributed by atoms with Crippen molar-refractivity contribution in [3.05, 3.63) is 53.7 Å². The number of rotatable bonds is 7. The van der Waals surface area contributed by atoms with Gasteiger partial charge in [-0.3, -0.25) is 19.7 Å². The number of terminal acetylenes is 1. The van der Waals surface area contributed by atoms with Crippen LogP contribution in [-0.4, -0.2) is 131 Å². The Balaban J connectivity index is 1.09. The molecule has 4 fully saturated rings. The molecule has 15 heteroatoms. The number of amides is 1. The molecule has 4 saturated heterocycles. The highest BCUT2D eigenvalue weighted by Gasteiger charge is 2.46. The third-order valence-corrected chi connectivity index (χ3v) is 11.4. The molecular weight excluding hydrogens is 728 g/mol. The van der Waals surface area contributed by atoms with E-state index >= 15 is 4.39 Å². The number of carbonyl (C=O) groups is 1. The van der Waals surface area contributed by atoms with Crippen molar-refractivity contribution in [1.29, 1.82) is 0 Å². The number of piperazine rings is 2. The number of alkyl halides is 2. The molecule has 296 valence electrons. The molecule has 4 aliphatic rings. The van der Waals surface area contributed by atoms with Gasteiger partial charge in [-0.1, -0.05) is 30.2 Å². The van der Waals surface area contributed by atoms with Gasteiger partial charge in [0.1, 0.15) is 35.1 Å². The second kappa shape index (κ2) is 14.9. The highest BCUT2D eigenvalue weighted by Crippen LogP contribution is 2.39. The number of aromatic nitrogens is 3. The highest BCUT2D eigenvalue weighted by molar-refractivity contribution is 6.02. The van der Waals surface area contributed by atoms with Crippen LogP contribution >= 0.6 is 0 Å². The zero-order valence-electron chi connectivity index (χ0n) is 31.8. The largest absolute Gasteiger partial charge is 0.462 e. The molecule has 2 aromatic heterocycles. The number of benzene rings is 2. The van der Waals surface area contributed by atoms with Gasteiger partial charge in [0, 0.05) is 63.0 Å². The van der Waals surface area contributed by atoms with Crippen LogP contribution in [0.3, 0.4) is 0 Å². The molecule has 1 amide bonds. The number of ether oxygens (including phenoxy) is 2. The van der Waals surface area contributed by atoms with Crippen molar-refractivity contribution in [2.75, 3.05) is 70.4 Å². The number of carbonyl (C=O) groups excluding carboxylic acids is 1. The lowest BCUT2D eigenvalue weighted by Crippen LogP contribution is -2.61. The van der Waals surface area contributed by atoms with Crippen molar-refractivity contribution in [2.45, 2.75) is 69.7 Å². The summed E-state index contributed by atoms with van der Waals surface area (Å²) in [5.41, 5.74) is -0.384. The van der Waals surface area contributed by atoms with Crippen molar-refractivity contribution in [2.24, 2.45) is 0 Å².